The number of carbonyl (C=O) groups is 1. The number of benzene rings is 2. The van der Waals surface area contributed by atoms with Crippen LogP contribution in [0.5, 0.6) is 0 Å². The van der Waals surface area contributed by atoms with Gasteiger partial charge in [-0.1, -0.05) is 72.4 Å². The van der Waals surface area contributed by atoms with Crippen molar-refractivity contribution in [1.82, 2.24) is 24.6 Å². The molecular weight excluding hydrogens is 430 g/mol. The van der Waals surface area contributed by atoms with Crippen LogP contribution >= 0.6 is 11.8 Å². The number of aromatic nitrogens is 4. The molecule has 0 fully saturated rings. The number of amides is 1. The molecule has 0 aliphatic rings. The molecule has 0 N–H and O–H groups in total. The monoisotopic (exact) mass is 457 g/mol. The Labute approximate surface area is 198 Å². The lowest BCUT2D eigenvalue weighted by Crippen LogP contribution is -2.34. The first-order chi connectivity index (χ1) is 16.2. The molecule has 4 aromatic rings. The zero-order valence-electron chi connectivity index (χ0n) is 18.7. The molecule has 7 heteroatoms. The Morgan fingerprint density at radius 2 is 1.58 bits per heavy atom. The molecule has 2 heterocycles. The van der Waals surface area contributed by atoms with Gasteiger partial charge in [0.1, 0.15) is 0 Å². The van der Waals surface area contributed by atoms with E-state index in [4.69, 9.17) is 0 Å². The molecule has 0 spiro atoms. The first-order valence-corrected chi connectivity index (χ1v) is 12.0. The summed E-state index contributed by atoms with van der Waals surface area (Å²) in [7, 11) is 0. The third-order valence-electron chi connectivity index (χ3n) is 5.38. The Hall–Kier alpha value is -3.45. The van der Waals surface area contributed by atoms with Crippen molar-refractivity contribution < 1.29 is 4.79 Å². The Kier molecular flexibility index (Phi) is 7.87. The van der Waals surface area contributed by atoms with Gasteiger partial charge in [-0.25, -0.2) is 0 Å². The van der Waals surface area contributed by atoms with Gasteiger partial charge in [0.2, 0.25) is 5.91 Å². The number of rotatable bonds is 10. The highest BCUT2D eigenvalue weighted by Crippen LogP contribution is 2.24. The van der Waals surface area contributed by atoms with Crippen LogP contribution in [0, 0.1) is 0 Å². The van der Waals surface area contributed by atoms with Gasteiger partial charge in [0, 0.05) is 37.6 Å². The molecule has 2 aromatic carbocycles. The van der Waals surface area contributed by atoms with Gasteiger partial charge in [-0.05, 0) is 36.6 Å². The van der Waals surface area contributed by atoms with E-state index in [2.05, 4.69) is 46.4 Å². The first kappa shape index (κ1) is 22.7. The molecular formula is C26H27N5OS. The Morgan fingerprint density at radius 3 is 2.24 bits per heavy atom. The van der Waals surface area contributed by atoms with E-state index in [9.17, 15) is 4.79 Å². The SMILES string of the molecule is CCn1c(SCC(=O)N(CCc2ccccc2)Cc2ccccc2)nnc1-c1ccncc1. The van der Waals surface area contributed by atoms with Gasteiger partial charge >= 0.3 is 0 Å². The minimum Gasteiger partial charge on any atom is -0.337 e. The zero-order valence-corrected chi connectivity index (χ0v) is 19.5. The van der Waals surface area contributed by atoms with Gasteiger partial charge < -0.3 is 9.47 Å². The minimum absolute atomic E-state index is 0.0934. The van der Waals surface area contributed by atoms with E-state index in [0.29, 0.717) is 18.8 Å². The fourth-order valence-electron chi connectivity index (χ4n) is 3.62. The second-order valence-electron chi connectivity index (χ2n) is 7.61. The van der Waals surface area contributed by atoms with E-state index >= 15 is 0 Å². The molecule has 1 amide bonds. The summed E-state index contributed by atoms with van der Waals surface area (Å²) < 4.78 is 2.04. The second kappa shape index (κ2) is 11.4. The highest BCUT2D eigenvalue weighted by Gasteiger charge is 2.18. The molecule has 33 heavy (non-hydrogen) atoms. The van der Waals surface area contributed by atoms with Gasteiger partial charge in [0.05, 0.1) is 5.75 Å². The van der Waals surface area contributed by atoms with E-state index in [1.807, 2.05) is 58.0 Å². The van der Waals surface area contributed by atoms with Crippen LogP contribution in [0.25, 0.3) is 11.4 Å². The third-order valence-corrected chi connectivity index (χ3v) is 6.33. The summed E-state index contributed by atoms with van der Waals surface area (Å²) in [4.78, 5) is 19.3. The van der Waals surface area contributed by atoms with Crippen LogP contribution in [0.3, 0.4) is 0 Å². The van der Waals surface area contributed by atoms with E-state index in [1.54, 1.807) is 12.4 Å². The van der Waals surface area contributed by atoms with Gasteiger partial charge in [-0.2, -0.15) is 0 Å². The third kappa shape index (κ3) is 6.08. The van der Waals surface area contributed by atoms with Crippen LogP contribution < -0.4 is 0 Å². The van der Waals surface area contributed by atoms with Crippen molar-refractivity contribution in [2.45, 2.75) is 31.6 Å². The molecule has 0 radical (unpaired) electrons. The molecule has 0 saturated heterocycles. The van der Waals surface area contributed by atoms with Crippen molar-refractivity contribution in [1.29, 1.82) is 0 Å². The molecule has 4 rings (SSSR count). The number of hydrogen-bond acceptors (Lipinski definition) is 5. The molecule has 0 bridgehead atoms. The van der Waals surface area contributed by atoms with Crippen LogP contribution in [-0.4, -0.2) is 42.9 Å². The first-order valence-electron chi connectivity index (χ1n) is 11.1. The molecule has 6 nitrogen and oxygen atoms in total. The predicted octanol–water partition coefficient (Wildman–Crippen LogP) is 4.72. The van der Waals surface area contributed by atoms with Crippen molar-refractivity contribution in [3.8, 4) is 11.4 Å². The van der Waals surface area contributed by atoms with E-state index in [0.717, 1.165) is 35.1 Å². The fourth-order valence-corrected chi connectivity index (χ4v) is 4.52. The smallest absolute Gasteiger partial charge is 0.233 e. The van der Waals surface area contributed by atoms with Crippen molar-refractivity contribution in [3.63, 3.8) is 0 Å². The summed E-state index contributed by atoms with van der Waals surface area (Å²) in [5.41, 5.74) is 3.32. The molecule has 0 atom stereocenters. The van der Waals surface area contributed by atoms with Crippen LogP contribution in [0.2, 0.25) is 0 Å². The van der Waals surface area contributed by atoms with Crippen molar-refractivity contribution in [2.75, 3.05) is 12.3 Å². The minimum atomic E-state index is 0.0934. The lowest BCUT2D eigenvalue weighted by molar-refractivity contribution is -0.128. The van der Waals surface area contributed by atoms with Gasteiger partial charge in [-0.3, -0.25) is 9.78 Å². The quantitative estimate of drug-likeness (QED) is 0.322. The number of nitrogens with zero attached hydrogens (tertiary/aromatic N) is 5. The van der Waals surface area contributed by atoms with Crippen LogP contribution in [-0.2, 0) is 24.3 Å². The Balaban J connectivity index is 1.45. The van der Waals surface area contributed by atoms with Crippen molar-refractivity contribution >= 4 is 17.7 Å². The number of carbonyl (C=O) groups excluding carboxylic acids is 1. The van der Waals surface area contributed by atoms with Crippen LogP contribution in [0.4, 0.5) is 0 Å². The number of hydrogen-bond donors (Lipinski definition) is 0. The van der Waals surface area contributed by atoms with Crippen LogP contribution in [0.15, 0.2) is 90.3 Å². The molecule has 0 unspecified atom stereocenters. The summed E-state index contributed by atoms with van der Waals surface area (Å²) in [6, 6.07) is 24.2. The average Bonchev–Trinajstić information content (AvgIpc) is 3.30. The maximum atomic E-state index is 13.3. The summed E-state index contributed by atoms with van der Waals surface area (Å²) in [6.07, 6.45) is 4.31. The van der Waals surface area contributed by atoms with E-state index < -0.39 is 0 Å². The topological polar surface area (TPSA) is 63.9 Å². The van der Waals surface area contributed by atoms with Gasteiger partial charge in [0.25, 0.3) is 0 Å². The Morgan fingerprint density at radius 1 is 0.909 bits per heavy atom. The van der Waals surface area contributed by atoms with Crippen LogP contribution in [0.1, 0.15) is 18.1 Å². The molecule has 2 aromatic heterocycles. The highest BCUT2D eigenvalue weighted by atomic mass is 32.2. The molecule has 0 aliphatic carbocycles. The Bertz CT molecular complexity index is 1150. The molecule has 168 valence electrons. The maximum Gasteiger partial charge on any atom is 0.233 e. The molecule has 0 aliphatic heterocycles. The summed E-state index contributed by atoms with van der Waals surface area (Å²) in [5.74, 6) is 1.20. The molecule has 0 saturated carbocycles. The highest BCUT2D eigenvalue weighted by molar-refractivity contribution is 7.99. The number of thioether (sulfide) groups is 1. The average molecular weight is 458 g/mol. The normalized spacial score (nSPS) is 10.8. The van der Waals surface area contributed by atoms with Crippen molar-refractivity contribution in [3.05, 3.63) is 96.3 Å². The lowest BCUT2D eigenvalue weighted by atomic mass is 10.1. The summed E-state index contributed by atoms with van der Waals surface area (Å²) >= 11 is 1.44. The standard InChI is InChI=1S/C26H27N5OS/c1-2-31-25(23-13-16-27-17-14-23)28-29-26(31)33-20-24(32)30(19-22-11-7-4-8-12-22)18-15-21-9-5-3-6-10-21/h3-14,16-17H,2,15,18-20H2,1H3. The maximum absolute atomic E-state index is 13.3. The van der Waals surface area contributed by atoms with Gasteiger partial charge in [-0.15, -0.1) is 10.2 Å². The predicted molar refractivity (Wildman–Crippen MR) is 132 cm³/mol. The number of pyridine rings is 1. The van der Waals surface area contributed by atoms with Gasteiger partial charge in [0.15, 0.2) is 11.0 Å². The fraction of sp³-hybridized carbons (Fsp3) is 0.231. The largest absolute Gasteiger partial charge is 0.337 e. The lowest BCUT2D eigenvalue weighted by Gasteiger charge is -2.23. The summed E-state index contributed by atoms with van der Waals surface area (Å²) in [5, 5.41) is 9.47. The zero-order chi connectivity index (χ0) is 22.9. The summed E-state index contributed by atoms with van der Waals surface area (Å²) in [6.45, 7) is 4.04. The van der Waals surface area contributed by atoms with E-state index in [1.165, 1.54) is 17.3 Å². The van der Waals surface area contributed by atoms with E-state index in [-0.39, 0.29) is 5.91 Å². The second-order valence-corrected chi connectivity index (χ2v) is 8.55. The van der Waals surface area contributed by atoms with Crippen molar-refractivity contribution in [2.24, 2.45) is 0 Å².